The van der Waals surface area contributed by atoms with Gasteiger partial charge in [0.25, 0.3) is 5.91 Å². The van der Waals surface area contributed by atoms with Gasteiger partial charge in [0.1, 0.15) is 0 Å². The zero-order valence-corrected chi connectivity index (χ0v) is 30.4. The number of benzene rings is 3. The Bertz CT molecular complexity index is 1880. The standard InChI is InChI=1S/C42H49F3N4O3/c1-4-51-36-25-33-35(26-37(36)52-28(2)3)46-39(29-12-11-15-31(24-29)42(43,44)45)34(27-48-22-16-32(17-23-48)49-20-9-6-10-21-49)38(33)40(50)47-41(18-19-41)30-13-7-5-8-14-30/h5,7-8,11-15,24-26,28,32H,4,6,9-10,16-23,27H2,1-3H3,(H,47,50). The average molecular weight is 715 g/mol. The van der Waals surface area contributed by atoms with Crippen molar-refractivity contribution in [2.45, 2.75) is 96.1 Å². The molecule has 0 bridgehead atoms. The van der Waals surface area contributed by atoms with E-state index in [-0.39, 0.29) is 12.0 Å². The Morgan fingerprint density at radius 3 is 2.33 bits per heavy atom. The number of carbonyl (C=O) groups excluding carboxylic acids is 1. The summed E-state index contributed by atoms with van der Waals surface area (Å²) in [6.07, 6.45) is 2.64. The molecule has 7 rings (SSSR count). The Balaban J connectivity index is 1.38. The first-order chi connectivity index (χ1) is 25.0. The number of likely N-dealkylation sites (tertiary alicyclic amines) is 2. The Labute approximate surface area is 304 Å². The van der Waals surface area contributed by atoms with E-state index in [0.717, 1.165) is 69.6 Å². The van der Waals surface area contributed by atoms with Crippen LogP contribution in [-0.2, 0) is 18.3 Å². The number of halogens is 3. The first-order valence-electron chi connectivity index (χ1n) is 18.9. The van der Waals surface area contributed by atoms with Crippen molar-refractivity contribution in [2.75, 3.05) is 32.8 Å². The summed E-state index contributed by atoms with van der Waals surface area (Å²) < 4.78 is 54.6. The highest BCUT2D eigenvalue weighted by atomic mass is 19.4. The molecule has 4 aromatic rings. The minimum Gasteiger partial charge on any atom is -0.490 e. The number of carbonyl (C=O) groups is 1. The van der Waals surface area contributed by atoms with Crippen LogP contribution in [0, 0.1) is 0 Å². The van der Waals surface area contributed by atoms with Crippen molar-refractivity contribution in [1.82, 2.24) is 20.1 Å². The summed E-state index contributed by atoms with van der Waals surface area (Å²) in [7, 11) is 0. The topological polar surface area (TPSA) is 66.9 Å². The van der Waals surface area contributed by atoms with Crippen LogP contribution in [0.1, 0.15) is 92.8 Å². The lowest BCUT2D eigenvalue weighted by Gasteiger charge is -2.40. The number of nitrogens with zero attached hydrogens (tertiary/aromatic N) is 3. The third-order valence-corrected chi connectivity index (χ3v) is 10.8. The molecular formula is C42H49F3N4O3. The molecular weight excluding hydrogens is 665 g/mol. The van der Waals surface area contributed by atoms with Gasteiger partial charge in [-0.1, -0.05) is 48.9 Å². The fraction of sp³-hybridized carbons (Fsp3) is 0.476. The van der Waals surface area contributed by atoms with Gasteiger partial charge in [0.2, 0.25) is 0 Å². The van der Waals surface area contributed by atoms with Gasteiger partial charge in [-0.3, -0.25) is 9.69 Å². The van der Waals surface area contributed by atoms with E-state index in [1.807, 2.05) is 57.2 Å². The van der Waals surface area contributed by atoms with Crippen LogP contribution in [0.25, 0.3) is 22.2 Å². The molecule has 0 radical (unpaired) electrons. The molecule has 3 heterocycles. The maximum absolute atomic E-state index is 14.9. The van der Waals surface area contributed by atoms with Gasteiger partial charge in [0, 0.05) is 35.2 Å². The van der Waals surface area contributed by atoms with Crippen LogP contribution in [-0.4, -0.2) is 65.6 Å². The van der Waals surface area contributed by atoms with Gasteiger partial charge in [0.05, 0.1) is 40.6 Å². The highest BCUT2D eigenvalue weighted by Gasteiger charge is 2.46. The van der Waals surface area contributed by atoms with Crippen molar-refractivity contribution >= 4 is 16.8 Å². The second-order valence-corrected chi connectivity index (χ2v) is 14.8. The van der Waals surface area contributed by atoms with Gasteiger partial charge in [-0.15, -0.1) is 0 Å². The largest absolute Gasteiger partial charge is 0.490 e. The molecule has 7 nitrogen and oxygen atoms in total. The third kappa shape index (κ3) is 7.78. The predicted octanol–water partition coefficient (Wildman–Crippen LogP) is 8.98. The first-order valence-corrected chi connectivity index (χ1v) is 18.9. The summed E-state index contributed by atoms with van der Waals surface area (Å²) in [4.78, 5) is 25.0. The van der Waals surface area contributed by atoms with Gasteiger partial charge in [-0.2, -0.15) is 13.2 Å². The van der Waals surface area contributed by atoms with Crippen LogP contribution >= 0.6 is 0 Å². The lowest BCUT2D eigenvalue weighted by atomic mass is 9.93. The Morgan fingerprint density at radius 1 is 0.942 bits per heavy atom. The molecule has 0 spiro atoms. The SMILES string of the molecule is CCOc1cc2c(C(=O)NC3(c4ccccc4)CC3)c(CN3CCC(N4CCCCC4)CC3)c(-c3cccc(C(F)(F)F)c3)nc2cc1OC(C)C. The van der Waals surface area contributed by atoms with E-state index in [1.54, 1.807) is 12.1 Å². The monoisotopic (exact) mass is 714 g/mol. The fourth-order valence-electron chi connectivity index (χ4n) is 8.02. The summed E-state index contributed by atoms with van der Waals surface area (Å²) in [6.45, 7) is 10.4. The summed E-state index contributed by atoms with van der Waals surface area (Å²) in [5, 5.41) is 3.97. The molecule has 3 aliphatic rings. The van der Waals surface area contributed by atoms with E-state index >= 15 is 0 Å². The van der Waals surface area contributed by atoms with E-state index in [9.17, 15) is 18.0 Å². The fourth-order valence-corrected chi connectivity index (χ4v) is 8.02. The van der Waals surface area contributed by atoms with Gasteiger partial charge in [-0.25, -0.2) is 4.98 Å². The van der Waals surface area contributed by atoms with Crippen LogP contribution in [0.3, 0.4) is 0 Å². The predicted molar refractivity (Wildman–Crippen MR) is 198 cm³/mol. The highest BCUT2D eigenvalue weighted by Crippen LogP contribution is 2.47. The van der Waals surface area contributed by atoms with Crippen LogP contribution in [0.4, 0.5) is 13.2 Å². The van der Waals surface area contributed by atoms with E-state index in [1.165, 1.54) is 25.3 Å². The van der Waals surface area contributed by atoms with Crippen molar-refractivity contribution in [2.24, 2.45) is 0 Å². The molecule has 276 valence electrons. The van der Waals surface area contributed by atoms with Crippen molar-refractivity contribution in [1.29, 1.82) is 0 Å². The zero-order chi connectivity index (χ0) is 36.5. The molecule has 2 aliphatic heterocycles. The molecule has 1 aliphatic carbocycles. The zero-order valence-electron chi connectivity index (χ0n) is 30.4. The normalized spacial score (nSPS) is 18.4. The molecule has 10 heteroatoms. The molecule has 3 aromatic carbocycles. The molecule has 2 saturated heterocycles. The van der Waals surface area contributed by atoms with Crippen LogP contribution < -0.4 is 14.8 Å². The van der Waals surface area contributed by atoms with Crippen molar-refractivity contribution < 1.29 is 27.4 Å². The van der Waals surface area contributed by atoms with Crippen LogP contribution in [0.2, 0.25) is 0 Å². The maximum atomic E-state index is 14.9. The molecule has 3 fully saturated rings. The number of fused-ring (bicyclic) bond motifs is 1. The Kier molecular flexibility index (Phi) is 10.5. The summed E-state index contributed by atoms with van der Waals surface area (Å²) in [6, 6.07) is 19.3. The molecule has 1 N–H and O–H groups in total. The number of amides is 1. The number of hydrogen-bond acceptors (Lipinski definition) is 6. The lowest BCUT2D eigenvalue weighted by molar-refractivity contribution is -0.137. The van der Waals surface area contributed by atoms with E-state index in [4.69, 9.17) is 14.5 Å². The number of rotatable bonds is 11. The number of alkyl halides is 3. The highest BCUT2D eigenvalue weighted by molar-refractivity contribution is 6.10. The number of piperidine rings is 2. The van der Waals surface area contributed by atoms with Crippen LogP contribution in [0.15, 0.2) is 66.7 Å². The average Bonchev–Trinajstić information content (AvgIpc) is 3.92. The van der Waals surface area contributed by atoms with Crippen molar-refractivity contribution in [3.63, 3.8) is 0 Å². The summed E-state index contributed by atoms with van der Waals surface area (Å²) in [5.74, 6) is 0.678. The molecule has 1 saturated carbocycles. The lowest BCUT2D eigenvalue weighted by Crippen LogP contribution is -2.46. The van der Waals surface area contributed by atoms with Gasteiger partial charge in [-0.05, 0) is 109 Å². The van der Waals surface area contributed by atoms with Gasteiger partial charge in [0.15, 0.2) is 11.5 Å². The molecule has 0 atom stereocenters. The first kappa shape index (κ1) is 36.2. The summed E-state index contributed by atoms with van der Waals surface area (Å²) >= 11 is 0. The minimum absolute atomic E-state index is 0.171. The van der Waals surface area contributed by atoms with E-state index in [0.29, 0.717) is 64.0 Å². The second kappa shape index (κ2) is 15.1. The number of aromatic nitrogens is 1. The third-order valence-electron chi connectivity index (χ3n) is 10.8. The smallest absolute Gasteiger partial charge is 0.416 e. The second-order valence-electron chi connectivity index (χ2n) is 14.8. The van der Waals surface area contributed by atoms with Gasteiger partial charge >= 0.3 is 6.18 Å². The molecule has 52 heavy (non-hydrogen) atoms. The van der Waals surface area contributed by atoms with Crippen molar-refractivity contribution in [3.05, 3.63) is 89.0 Å². The van der Waals surface area contributed by atoms with Gasteiger partial charge < -0.3 is 19.7 Å². The van der Waals surface area contributed by atoms with E-state index in [2.05, 4.69) is 15.1 Å². The number of nitrogens with one attached hydrogen (secondary N) is 1. The molecule has 1 amide bonds. The number of ether oxygens (including phenoxy) is 2. The van der Waals surface area contributed by atoms with Crippen molar-refractivity contribution in [3.8, 4) is 22.8 Å². The quantitative estimate of drug-likeness (QED) is 0.167. The maximum Gasteiger partial charge on any atom is 0.416 e. The number of hydrogen-bond donors (Lipinski definition) is 1. The summed E-state index contributed by atoms with van der Waals surface area (Å²) in [5.41, 5.74) is 1.91. The Morgan fingerprint density at radius 2 is 1.67 bits per heavy atom. The number of pyridine rings is 1. The van der Waals surface area contributed by atoms with Crippen LogP contribution in [0.5, 0.6) is 11.5 Å². The molecule has 1 aromatic heterocycles. The van der Waals surface area contributed by atoms with E-state index < -0.39 is 17.3 Å². The minimum atomic E-state index is -4.54. The Hall–Kier alpha value is -4.15. The molecule has 0 unspecified atom stereocenters.